The summed E-state index contributed by atoms with van der Waals surface area (Å²) < 4.78 is 0. The third-order valence-electron chi connectivity index (χ3n) is 15.9. The zero-order valence-corrected chi connectivity index (χ0v) is 34.4. The van der Waals surface area contributed by atoms with Crippen LogP contribution in [-0.4, -0.2) is 0 Å². The van der Waals surface area contributed by atoms with E-state index in [1.165, 1.54) is 112 Å². The summed E-state index contributed by atoms with van der Waals surface area (Å²) in [6.45, 7) is 14.6. The first-order valence-corrected chi connectivity index (χ1v) is 22.2. The minimum atomic E-state index is -0.228. The standard InChI is InChI=1S/C56H55N/c1-6-37-32-36(3)56(38(7-2)33-37)48-23-14-10-19-42(48)44-29-27-40(35-51(44)56)57(39-26-28-43-41-18-9-12-21-46(41)54(4,5)50(43)34-39)52-25-17-24-49-53(52)45-20-11-13-22-47(45)55(49)30-15-8-16-31-55/h9-10,12-14,17-19,21-26,28,34-35,37-38H,3,6-8,11,15-16,20,30-33H2,1-2,4-5H3. The first-order chi connectivity index (χ1) is 27.8. The van der Waals surface area contributed by atoms with E-state index in [1.54, 1.807) is 16.7 Å². The first kappa shape index (κ1) is 35.1. The number of benzene rings is 4. The molecule has 1 heteroatoms. The number of hydrogen-bond acceptors (Lipinski definition) is 1. The Hall–Kier alpha value is -5.06. The summed E-state index contributed by atoms with van der Waals surface area (Å²) in [6, 6.07) is 43.1. The van der Waals surface area contributed by atoms with Crippen LogP contribution in [0.1, 0.15) is 132 Å². The summed E-state index contributed by atoms with van der Waals surface area (Å²) in [4.78, 5) is 2.60. The summed E-state index contributed by atoms with van der Waals surface area (Å²) in [5, 5.41) is 0. The first-order valence-electron chi connectivity index (χ1n) is 22.2. The van der Waals surface area contributed by atoms with E-state index in [-0.39, 0.29) is 16.2 Å². The molecular formula is C56H55N. The fourth-order valence-corrected chi connectivity index (χ4v) is 13.2. The molecule has 0 bridgehead atoms. The van der Waals surface area contributed by atoms with Crippen molar-refractivity contribution in [1.82, 2.24) is 0 Å². The van der Waals surface area contributed by atoms with Crippen molar-refractivity contribution in [2.24, 2.45) is 11.8 Å². The van der Waals surface area contributed by atoms with E-state index >= 15 is 0 Å². The van der Waals surface area contributed by atoms with Crippen LogP contribution in [0.5, 0.6) is 0 Å². The number of anilines is 3. The maximum absolute atomic E-state index is 5.00. The Labute approximate surface area is 341 Å². The van der Waals surface area contributed by atoms with Gasteiger partial charge in [0.15, 0.2) is 0 Å². The topological polar surface area (TPSA) is 3.24 Å². The van der Waals surface area contributed by atoms with Crippen LogP contribution < -0.4 is 4.90 Å². The monoisotopic (exact) mass is 741 g/mol. The van der Waals surface area contributed by atoms with Crippen molar-refractivity contribution in [1.29, 1.82) is 0 Å². The average Bonchev–Trinajstić information content (AvgIpc) is 3.78. The molecule has 0 amide bonds. The highest BCUT2D eigenvalue weighted by atomic mass is 15.1. The molecule has 0 radical (unpaired) electrons. The van der Waals surface area contributed by atoms with Crippen molar-refractivity contribution in [3.63, 3.8) is 0 Å². The van der Waals surface area contributed by atoms with Crippen molar-refractivity contribution in [3.8, 4) is 22.3 Å². The molecule has 57 heavy (non-hydrogen) atoms. The molecule has 2 fully saturated rings. The Morgan fingerprint density at radius 3 is 2.30 bits per heavy atom. The lowest BCUT2D eigenvalue weighted by molar-refractivity contribution is 0.224. The number of fused-ring (bicyclic) bond motifs is 12. The third-order valence-corrected chi connectivity index (χ3v) is 15.9. The van der Waals surface area contributed by atoms with Gasteiger partial charge in [-0.1, -0.05) is 157 Å². The Morgan fingerprint density at radius 1 is 0.737 bits per heavy atom. The van der Waals surface area contributed by atoms with Gasteiger partial charge in [0.1, 0.15) is 0 Å². The van der Waals surface area contributed by atoms with Crippen LogP contribution >= 0.6 is 0 Å². The van der Waals surface area contributed by atoms with Crippen LogP contribution in [0.4, 0.5) is 17.1 Å². The van der Waals surface area contributed by atoms with Crippen molar-refractivity contribution in [2.75, 3.05) is 4.90 Å². The van der Waals surface area contributed by atoms with Crippen molar-refractivity contribution in [2.45, 2.75) is 115 Å². The van der Waals surface area contributed by atoms with Crippen LogP contribution in [0.3, 0.4) is 0 Å². The second-order valence-electron chi connectivity index (χ2n) is 18.8. The van der Waals surface area contributed by atoms with Gasteiger partial charge in [0.25, 0.3) is 0 Å². The zero-order valence-electron chi connectivity index (χ0n) is 34.4. The largest absolute Gasteiger partial charge is 0.303 e. The highest BCUT2D eigenvalue weighted by Gasteiger charge is 2.53. The van der Waals surface area contributed by atoms with E-state index in [0.717, 1.165) is 31.4 Å². The molecule has 1 nitrogen and oxygen atoms in total. The second kappa shape index (κ2) is 12.7. The Morgan fingerprint density at radius 2 is 1.49 bits per heavy atom. The number of hydrogen-bond donors (Lipinski definition) is 0. The molecule has 0 saturated heterocycles. The molecule has 3 atom stereocenters. The van der Waals surface area contributed by atoms with Crippen molar-refractivity contribution >= 4 is 22.6 Å². The smallest absolute Gasteiger partial charge is 0.0977 e. The fourth-order valence-electron chi connectivity index (χ4n) is 13.2. The highest BCUT2D eigenvalue weighted by Crippen LogP contribution is 2.63. The Balaban J connectivity index is 1.17. The molecule has 6 aliphatic rings. The lowest BCUT2D eigenvalue weighted by atomic mass is 9.55. The maximum Gasteiger partial charge on any atom is 0.0977 e. The van der Waals surface area contributed by atoms with E-state index < -0.39 is 0 Å². The van der Waals surface area contributed by atoms with E-state index in [4.69, 9.17) is 6.58 Å². The maximum atomic E-state index is 5.00. The lowest BCUT2D eigenvalue weighted by Crippen LogP contribution is -2.41. The number of allylic oxidation sites excluding steroid dienone is 5. The molecule has 5 aromatic rings. The molecule has 3 unspecified atom stereocenters. The summed E-state index contributed by atoms with van der Waals surface area (Å²) in [5.74, 6) is 1.17. The average molecular weight is 742 g/mol. The van der Waals surface area contributed by atoms with Crippen LogP contribution in [0, 0.1) is 24.0 Å². The quantitative estimate of drug-likeness (QED) is 0.162. The molecule has 284 valence electrons. The summed E-state index contributed by atoms with van der Waals surface area (Å²) in [5.41, 5.74) is 21.9. The molecule has 11 rings (SSSR count). The van der Waals surface area contributed by atoms with E-state index in [0.29, 0.717) is 11.8 Å². The minimum Gasteiger partial charge on any atom is -0.303 e. The van der Waals surface area contributed by atoms with Crippen LogP contribution in [-0.2, 0) is 16.2 Å². The molecule has 5 aromatic carbocycles. The summed E-state index contributed by atoms with van der Waals surface area (Å²) in [7, 11) is 0. The van der Waals surface area contributed by atoms with Gasteiger partial charge < -0.3 is 4.90 Å². The number of rotatable bonds is 5. The van der Waals surface area contributed by atoms with Gasteiger partial charge in [-0.2, -0.15) is 0 Å². The van der Waals surface area contributed by atoms with E-state index in [9.17, 15) is 0 Å². The van der Waals surface area contributed by atoms with E-state index in [1.807, 2.05) is 0 Å². The second-order valence-corrected chi connectivity index (χ2v) is 18.8. The molecule has 0 aliphatic heterocycles. The van der Waals surface area contributed by atoms with Gasteiger partial charge in [-0.15, -0.1) is 0 Å². The fraction of sp³-hybridized carbons (Fsp3) is 0.357. The molecule has 2 spiro atoms. The molecule has 0 N–H and O–H groups in total. The number of nitrogens with zero attached hydrogens (tertiary/aromatic N) is 1. The van der Waals surface area contributed by atoms with Gasteiger partial charge in [0.2, 0.25) is 0 Å². The van der Waals surface area contributed by atoms with Crippen LogP contribution in [0.2, 0.25) is 0 Å². The summed E-state index contributed by atoms with van der Waals surface area (Å²) >= 11 is 0. The van der Waals surface area contributed by atoms with Gasteiger partial charge in [-0.3, -0.25) is 0 Å². The normalized spacial score (nSPS) is 24.1. The van der Waals surface area contributed by atoms with Crippen LogP contribution in [0.15, 0.2) is 121 Å². The predicted octanol–water partition coefficient (Wildman–Crippen LogP) is 15.1. The van der Waals surface area contributed by atoms with Gasteiger partial charge in [-0.25, -0.2) is 0 Å². The molecule has 0 heterocycles. The Bertz CT molecular complexity index is 2550. The van der Waals surface area contributed by atoms with Crippen molar-refractivity contribution < 1.29 is 0 Å². The van der Waals surface area contributed by atoms with Gasteiger partial charge in [0, 0.05) is 33.1 Å². The van der Waals surface area contributed by atoms with Gasteiger partial charge >= 0.3 is 0 Å². The minimum absolute atomic E-state index is 0.105. The van der Waals surface area contributed by atoms with Gasteiger partial charge in [-0.05, 0) is 136 Å². The van der Waals surface area contributed by atoms with Crippen molar-refractivity contribution in [3.05, 3.63) is 166 Å². The highest BCUT2D eigenvalue weighted by molar-refractivity contribution is 5.95. The molecule has 6 aliphatic carbocycles. The molecular weight excluding hydrogens is 687 g/mol. The van der Waals surface area contributed by atoms with E-state index in [2.05, 4.69) is 148 Å². The van der Waals surface area contributed by atoms with Gasteiger partial charge in [0.05, 0.1) is 11.4 Å². The molecule has 2 saturated carbocycles. The lowest BCUT2D eigenvalue weighted by Gasteiger charge is -2.47. The zero-order chi connectivity index (χ0) is 38.7. The van der Waals surface area contributed by atoms with Crippen LogP contribution in [0.25, 0.3) is 27.8 Å². The summed E-state index contributed by atoms with van der Waals surface area (Å²) in [6.07, 6.45) is 18.3. The predicted molar refractivity (Wildman–Crippen MR) is 239 cm³/mol. The SMILES string of the molecule is C=C1CC(CC)CC(CC)C12c1cc(N(c3ccc4c(c3)C(C)(C)c3ccccc3-4)c3cccc4c3C3=C(C=CCC3)C43CCCCC3)c#cc1-c1ccccc12. The Kier molecular flexibility index (Phi) is 7.84. The third kappa shape index (κ3) is 4.65. The molecule has 0 aromatic heterocycles.